The molecule has 0 bridgehead atoms. The number of nitrogens with one attached hydrogen (secondary N) is 2. The maximum absolute atomic E-state index is 12.2. The van der Waals surface area contributed by atoms with E-state index in [0.29, 0.717) is 28.0 Å². The van der Waals surface area contributed by atoms with Crippen molar-refractivity contribution in [2.75, 3.05) is 11.9 Å². The SMILES string of the molecule is CC(NC(=O)CNc1ccccc1Oc1ccccc1Cl)c1ccco1. The number of anilines is 1. The van der Waals surface area contributed by atoms with Crippen LogP contribution in [0.3, 0.4) is 0 Å². The molecule has 0 radical (unpaired) electrons. The van der Waals surface area contributed by atoms with Gasteiger partial charge in [-0.05, 0) is 43.3 Å². The average molecular weight is 371 g/mol. The fraction of sp³-hybridized carbons (Fsp3) is 0.150. The van der Waals surface area contributed by atoms with E-state index in [2.05, 4.69) is 10.6 Å². The summed E-state index contributed by atoms with van der Waals surface area (Å²) >= 11 is 6.14. The van der Waals surface area contributed by atoms with Crippen LogP contribution in [0, 0.1) is 0 Å². The lowest BCUT2D eigenvalue weighted by atomic mass is 10.2. The highest BCUT2D eigenvalue weighted by Gasteiger charge is 2.13. The van der Waals surface area contributed by atoms with Crippen LogP contribution in [0.15, 0.2) is 71.3 Å². The first-order valence-corrected chi connectivity index (χ1v) is 8.59. The lowest BCUT2D eigenvalue weighted by Gasteiger charge is -2.15. The first-order valence-electron chi connectivity index (χ1n) is 8.21. The molecule has 5 nitrogen and oxygen atoms in total. The summed E-state index contributed by atoms with van der Waals surface area (Å²) in [6.07, 6.45) is 1.58. The Hall–Kier alpha value is -2.92. The molecule has 2 N–H and O–H groups in total. The molecule has 1 unspecified atom stereocenters. The van der Waals surface area contributed by atoms with Crippen molar-refractivity contribution in [2.24, 2.45) is 0 Å². The molecule has 0 saturated heterocycles. The molecule has 0 fully saturated rings. The van der Waals surface area contributed by atoms with Gasteiger partial charge in [0.1, 0.15) is 11.5 Å². The number of amides is 1. The zero-order chi connectivity index (χ0) is 18.4. The second-order valence-electron chi connectivity index (χ2n) is 5.69. The van der Waals surface area contributed by atoms with E-state index in [1.165, 1.54) is 0 Å². The Bertz CT molecular complexity index is 865. The number of carbonyl (C=O) groups is 1. The highest BCUT2D eigenvalue weighted by Crippen LogP contribution is 2.33. The van der Waals surface area contributed by atoms with Gasteiger partial charge in [0.2, 0.25) is 5.91 Å². The average Bonchev–Trinajstić information content (AvgIpc) is 3.18. The molecule has 1 heterocycles. The standard InChI is InChI=1S/C20H19ClN2O3/c1-14(17-11-6-12-25-17)23-20(24)13-22-16-8-3-5-10-19(16)26-18-9-4-2-7-15(18)21/h2-12,14,22H,13H2,1H3,(H,23,24). The smallest absolute Gasteiger partial charge is 0.239 e. The van der Waals surface area contributed by atoms with Crippen molar-refractivity contribution >= 4 is 23.2 Å². The number of furan rings is 1. The molecule has 0 aliphatic carbocycles. The van der Waals surface area contributed by atoms with Crippen LogP contribution in [-0.4, -0.2) is 12.5 Å². The number of ether oxygens (including phenoxy) is 1. The second-order valence-corrected chi connectivity index (χ2v) is 6.09. The van der Waals surface area contributed by atoms with Crippen molar-refractivity contribution < 1.29 is 13.9 Å². The van der Waals surface area contributed by atoms with Gasteiger partial charge in [-0.15, -0.1) is 0 Å². The predicted octanol–water partition coefficient (Wildman–Crippen LogP) is 5.01. The van der Waals surface area contributed by atoms with E-state index >= 15 is 0 Å². The molecule has 6 heteroatoms. The van der Waals surface area contributed by atoms with Crippen LogP contribution >= 0.6 is 11.6 Å². The number of benzene rings is 2. The fourth-order valence-electron chi connectivity index (χ4n) is 2.42. The van der Waals surface area contributed by atoms with Crippen molar-refractivity contribution in [3.05, 3.63) is 77.7 Å². The van der Waals surface area contributed by atoms with E-state index < -0.39 is 0 Å². The number of halogens is 1. The Morgan fingerprint density at radius 2 is 1.81 bits per heavy atom. The van der Waals surface area contributed by atoms with Crippen molar-refractivity contribution in [3.63, 3.8) is 0 Å². The van der Waals surface area contributed by atoms with Crippen molar-refractivity contribution in [2.45, 2.75) is 13.0 Å². The normalized spacial score (nSPS) is 11.6. The predicted molar refractivity (Wildman–Crippen MR) is 102 cm³/mol. The van der Waals surface area contributed by atoms with E-state index in [0.717, 1.165) is 0 Å². The molecule has 0 saturated carbocycles. The highest BCUT2D eigenvalue weighted by molar-refractivity contribution is 6.32. The number of carbonyl (C=O) groups excluding carboxylic acids is 1. The Kier molecular flexibility index (Phi) is 5.81. The minimum atomic E-state index is -0.200. The van der Waals surface area contributed by atoms with Gasteiger partial charge in [-0.1, -0.05) is 35.9 Å². The van der Waals surface area contributed by atoms with Gasteiger partial charge in [0.15, 0.2) is 5.75 Å². The van der Waals surface area contributed by atoms with Gasteiger partial charge in [0.25, 0.3) is 0 Å². The quantitative estimate of drug-likeness (QED) is 0.613. The van der Waals surface area contributed by atoms with Crippen molar-refractivity contribution in [3.8, 4) is 11.5 Å². The van der Waals surface area contributed by atoms with Crippen LogP contribution in [0.25, 0.3) is 0 Å². The largest absolute Gasteiger partial charge is 0.467 e. The number of rotatable bonds is 7. The van der Waals surface area contributed by atoms with E-state index in [-0.39, 0.29) is 18.5 Å². The Morgan fingerprint density at radius 3 is 2.54 bits per heavy atom. The lowest BCUT2D eigenvalue weighted by Crippen LogP contribution is -2.31. The summed E-state index contributed by atoms with van der Waals surface area (Å²) < 4.78 is 11.2. The minimum Gasteiger partial charge on any atom is -0.467 e. The molecule has 0 aliphatic heterocycles. The topological polar surface area (TPSA) is 63.5 Å². The van der Waals surface area contributed by atoms with Gasteiger partial charge in [0.05, 0.1) is 29.6 Å². The maximum atomic E-state index is 12.2. The molecule has 1 amide bonds. The summed E-state index contributed by atoms with van der Waals surface area (Å²) in [7, 11) is 0. The second kappa shape index (κ2) is 8.45. The molecule has 0 spiro atoms. The molecular weight excluding hydrogens is 352 g/mol. The summed E-state index contributed by atoms with van der Waals surface area (Å²) in [5, 5.41) is 6.49. The van der Waals surface area contributed by atoms with Crippen LogP contribution < -0.4 is 15.4 Å². The maximum Gasteiger partial charge on any atom is 0.239 e. The number of hydrogen-bond donors (Lipinski definition) is 2. The van der Waals surface area contributed by atoms with Gasteiger partial charge < -0.3 is 19.8 Å². The zero-order valence-electron chi connectivity index (χ0n) is 14.2. The summed E-state index contributed by atoms with van der Waals surface area (Å²) in [6.45, 7) is 1.97. The van der Waals surface area contributed by atoms with E-state index in [1.807, 2.05) is 49.4 Å². The number of para-hydroxylation sites is 3. The Labute approximate surface area is 156 Å². The highest BCUT2D eigenvalue weighted by atomic mass is 35.5. The summed E-state index contributed by atoms with van der Waals surface area (Å²) in [6, 6.07) is 18.0. The van der Waals surface area contributed by atoms with Crippen molar-refractivity contribution in [1.82, 2.24) is 5.32 Å². The first-order chi connectivity index (χ1) is 12.6. The van der Waals surface area contributed by atoms with Crippen LogP contribution in [0.4, 0.5) is 5.69 Å². The molecule has 1 aromatic heterocycles. The van der Waals surface area contributed by atoms with Gasteiger partial charge in [-0.25, -0.2) is 0 Å². The Morgan fingerprint density at radius 1 is 1.08 bits per heavy atom. The van der Waals surface area contributed by atoms with Crippen LogP contribution in [0.5, 0.6) is 11.5 Å². The van der Waals surface area contributed by atoms with E-state index in [4.69, 9.17) is 20.8 Å². The fourth-order valence-corrected chi connectivity index (χ4v) is 2.60. The van der Waals surface area contributed by atoms with E-state index in [1.54, 1.807) is 24.5 Å². The van der Waals surface area contributed by atoms with Gasteiger partial charge >= 0.3 is 0 Å². The summed E-state index contributed by atoms with van der Waals surface area (Å²) in [5.74, 6) is 1.70. The van der Waals surface area contributed by atoms with Crippen LogP contribution in [0.1, 0.15) is 18.7 Å². The molecule has 3 rings (SSSR count). The lowest BCUT2D eigenvalue weighted by molar-refractivity contribution is -0.120. The third-order valence-corrected chi connectivity index (χ3v) is 4.04. The third-order valence-electron chi connectivity index (χ3n) is 3.73. The number of hydrogen-bond acceptors (Lipinski definition) is 4. The van der Waals surface area contributed by atoms with Gasteiger partial charge in [-0.2, -0.15) is 0 Å². The van der Waals surface area contributed by atoms with Crippen molar-refractivity contribution in [1.29, 1.82) is 0 Å². The molecular formula is C20H19ClN2O3. The van der Waals surface area contributed by atoms with Crippen LogP contribution in [-0.2, 0) is 4.79 Å². The summed E-state index contributed by atoms with van der Waals surface area (Å²) in [4.78, 5) is 12.2. The summed E-state index contributed by atoms with van der Waals surface area (Å²) in [5.41, 5.74) is 0.702. The molecule has 0 aliphatic rings. The third kappa shape index (κ3) is 4.58. The monoisotopic (exact) mass is 370 g/mol. The van der Waals surface area contributed by atoms with Crippen LogP contribution in [0.2, 0.25) is 5.02 Å². The van der Waals surface area contributed by atoms with Gasteiger partial charge in [0, 0.05) is 0 Å². The molecule has 134 valence electrons. The van der Waals surface area contributed by atoms with Gasteiger partial charge in [-0.3, -0.25) is 4.79 Å². The minimum absolute atomic E-state index is 0.105. The molecule has 26 heavy (non-hydrogen) atoms. The zero-order valence-corrected chi connectivity index (χ0v) is 15.0. The molecule has 3 aromatic rings. The Balaban J connectivity index is 1.61. The molecule has 1 atom stereocenters. The first kappa shape index (κ1) is 17.9. The van der Waals surface area contributed by atoms with E-state index in [9.17, 15) is 4.79 Å². The molecule has 2 aromatic carbocycles.